The van der Waals surface area contributed by atoms with Gasteiger partial charge in [0.15, 0.2) is 5.88 Å². The summed E-state index contributed by atoms with van der Waals surface area (Å²) in [6.45, 7) is 0.257. The number of carbonyl (C=O) groups is 3. The number of aromatic nitrogens is 2. The maximum absolute atomic E-state index is 12.1. The molecular formula is C20H18ClN5O4. The first-order valence-electron chi connectivity index (χ1n) is 9.23. The van der Waals surface area contributed by atoms with Gasteiger partial charge in [-0.1, -0.05) is 17.7 Å². The molecule has 0 spiro atoms. The molecule has 154 valence electrons. The molecule has 0 aliphatic carbocycles. The third kappa shape index (κ3) is 4.06. The average Bonchev–Trinajstić information content (AvgIpc) is 3.04. The van der Waals surface area contributed by atoms with Gasteiger partial charge in [-0.25, -0.2) is 9.78 Å². The fraction of sp³-hybridized carbons (Fsp3) is 0.200. The average molecular weight is 428 g/mol. The molecule has 3 aromatic rings. The largest absolute Gasteiger partial charge is 0.494 e. The molecule has 4 rings (SSSR count). The lowest BCUT2D eigenvalue weighted by Crippen LogP contribution is -2.41. The fourth-order valence-corrected chi connectivity index (χ4v) is 3.49. The van der Waals surface area contributed by atoms with Gasteiger partial charge in [-0.2, -0.15) is 0 Å². The Labute approximate surface area is 176 Å². The molecule has 4 amide bonds. The summed E-state index contributed by atoms with van der Waals surface area (Å²) in [6, 6.07) is 7.50. The first-order valence-corrected chi connectivity index (χ1v) is 9.61. The first kappa shape index (κ1) is 19.7. The highest BCUT2D eigenvalue weighted by atomic mass is 35.5. The topological polar surface area (TPSA) is 125 Å². The van der Waals surface area contributed by atoms with E-state index in [-0.39, 0.29) is 24.8 Å². The molecule has 30 heavy (non-hydrogen) atoms. The van der Waals surface area contributed by atoms with E-state index < -0.39 is 18.0 Å². The third-order valence-corrected chi connectivity index (χ3v) is 5.09. The molecule has 1 fully saturated rings. The predicted octanol–water partition coefficient (Wildman–Crippen LogP) is 2.69. The number of piperidine rings is 1. The Kier molecular flexibility index (Phi) is 5.28. The summed E-state index contributed by atoms with van der Waals surface area (Å²) in [5.74, 6) is -0.780. The van der Waals surface area contributed by atoms with Crippen molar-refractivity contribution in [3.05, 3.63) is 53.4 Å². The maximum atomic E-state index is 12.1. The van der Waals surface area contributed by atoms with Crippen LogP contribution in [0.2, 0.25) is 5.15 Å². The maximum Gasteiger partial charge on any atom is 0.319 e. The number of hydrogen-bond acceptors (Lipinski definition) is 5. The highest BCUT2D eigenvalue weighted by molar-refractivity contribution is 6.29. The van der Waals surface area contributed by atoms with Crippen molar-refractivity contribution in [2.24, 2.45) is 0 Å². The number of rotatable bonds is 4. The van der Waals surface area contributed by atoms with E-state index in [1.807, 2.05) is 6.07 Å². The molecule has 1 aromatic carbocycles. The van der Waals surface area contributed by atoms with Crippen molar-refractivity contribution in [3.8, 4) is 5.88 Å². The summed E-state index contributed by atoms with van der Waals surface area (Å²) in [5, 5.41) is 19.8. The van der Waals surface area contributed by atoms with E-state index in [2.05, 4.69) is 20.9 Å². The number of hydrogen-bond donors (Lipinski definition) is 4. The Morgan fingerprint density at radius 2 is 2.13 bits per heavy atom. The number of urea groups is 1. The summed E-state index contributed by atoms with van der Waals surface area (Å²) in [5.41, 5.74) is 1.32. The molecule has 1 saturated heterocycles. The highest BCUT2D eigenvalue weighted by Crippen LogP contribution is 2.33. The lowest BCUT2D eigenvalue weighted by molar-refractivity contribution is -0.135. The van der Waals surface area contributed by atoms with Crippen LogP contribution in [-0.2, 0) is 16.1 Å². The second-order valence-corrected chi connectivity index (χ2v) is 7.31. The number of anilines is 1. The molecule has 0 bridgehead atoms. The molecule has 0 radical (unpaired) electrons. The minimum atomic E-state index is -0.643. The van der Waals surface area contributed by atoms with Gasteiger partial charge in [-0.05, 0) is 36.2 Å². The zero-order valence-electron chi connectivity index (χ0n) is 15.7. The Hall–Kier alpha value is -3.59. The van der Waals surface area contributed by atoms with Gasteiger partial charge in [0.2, 0.25) is 11.8 Å². The number of amides is 4. The number of imide groups is 1. The molecular weight excluding hydrogens is 410 g/mol. The monoisotopic (exact) mass is 427 g/mol. The van der Waals surface area contributed by atoms with Crippen molar-refractivity contribution in [3.63, 3.8) is 0 Å². The van der Waals surface area contributed by atoms with Gasteiger partial charge in [-0.15, -0.1) is 0 Å². The van der Waals surface area contributed by atoms with Crippen molar-refractivity contribution < 1.29 is 19.5 Å². The minimum Gasteiger partial charge on any atom is -0.494 e. The van der Waals surface area contributed by atoms with Crippen LogP contribution in [0.5, 0.6) is 5.88 Å². The number of carbonyl (C=O) groups excluding carboxylic acids is 3. The third-order valence-electron chi connectivity index (χ3n) is 4.86. The molecule has 1 aliphatic rings. The second-order valence-electron chi connectivity index (χ2n) is 6.93. The van der Waals surface area contributed by atoms with Gasteiger partial charge in [0.1, 0.15) is 11.2 Å². The van der Waals surface area contributed by atoms with Crippen molar-refractivity contribution >= 4 is 45.9 Å². The molecule has 3 heterocycles. The lowest BCUT2D eigenvalue weighted by atomic mass is 10.1. The van der Waals surface area contributed by atoms with Crippen LogP contribution < -0.4 is 16.0 Å². The molecule has 1 atom stereocenters. The Morgan fingerprint density at radius 3 is 2.87 bits per heavy atom. The van der Waals surface area contributed by atoms with E-state index >= 15 is 0 Å². The van der Waals surface area contributed by atoms with Crippen LogP contribution in [-0.4, -0.2) is 32.5 Å². The van der Waals surface area contributed by atoms with Crippen LogP contribution in [0.3, 0.4) is 0 Å². The van der Waals surface area contributed by atoms with E-state index in [1.165, 1.54) is 10.8 Å². The minimum absolute atomic E-state index is 0.0352. The number of halogens is 1. The summed E-state index contributed by atoms with van der Waals surface area (Å²) in [4.78, 5) is 39.4. The number of pyridine rings is 1. The van der Waals surface area contributed by atoms with Gasteiger partial charge in [0.25, 0.3) is 0 Å². The normalized spacial score (nSPS) is 16.4. The van der Waals surface area contributed by atoms with Crippen LogP contribution in [0.4, 0.5) is 10.5 Å². The summed E-state index contributed by atoms with van der Waals surface area (Å²) in [6.07, 6.45) is 3.67. The van der Waals surface area contributed by atoms with Crippen molar-refractivity contribution in [2.45, 2.75) is 25.4 Å². The molecule has 1 unspecified atom stereocenters. The first-order chi connectivity index (χ1) is 14.4. The predicted molar refractivity (Wildman–Crippen MR) is 110 cm³/mol. The zero-order chi connectivity index (χ0) is 21.3. The smallest absolute Gasteiger partial charge is 0.319 e. The quantitative estimate of drug-likeness (QED) is 0.376. The van der Waals surface area contributed by atoms with Gasteiger partial charge < -0.3 is 20.3 Å². The van der Waals surface area contributed by atoms with Crippen molar-refractivity contribution in [2.75, 3.05) is 5.32 Å². The van der Waals surface area contributed by atoms with E-state index in [0.717, 1.165) is 10.9 Å². The molecule has 4 N–H and O–H groups in total. The Balaban J connectivity index is 1.45. The number of aromatic hydroxyl groups is 1. The van der Waals surface area contributed by atoms with Crippen LogP contribution in [0.15, 0.2) is 42.7 Å². The van der Waals surface area contributed by atoms with E-state index in [1.54, 1.807) is 30.5 Å². The fourth-order valence-electron chi connectivity index (χ4n) is 3.38. The lowest BCUT2D eigenvalue weighted by Gasteiger charge is -2.22. The van der Waals surface area contributed by atoms with Crippen LogP contribution in [0.1, 0.15) is 24.4 Å². The van der Waals surface area contributed by atoms with Gasteiger partial charge in [0.05, 0.1) is 11.9 Å². The van der Waals surface area contributed by atoms with Crippen LogP contribution in [0.25, 0.3) is 10.8 Å². The van der Waals surface area contributed by atoms with Gasteiger partial charge in [0, 0.05) is 29.9 Å². The molecule has 0 saturated carbocycles. The van der Waals surface area contributed by atoms with E-state index in [9.17, 15) is 19.5 Å². The van der Waals surface area contributed by atoms with Crippen LogP contribution in [0, 0.1) is 0 Å². The molecule has 10 heteroatoms. The van der Waals surface area contributed by atoms with Crippen molar-refractivity contribution in [1.29, 1.82) is 0 Å². The molecule has 1 aliphatic heterocycles. The molecule has 9 nitrogen and oxygen atoms in total. The number of nitrogens with zero attached hydrogens (tertiary/aromatic N) is 2. The number of nitrogens with one attached hydrogen (secondary N) is 3. The number of fused-ring (bicyclic) bond motifs is 1. The summed E-state index contributed by atoms with van der Waals surface area (Å²) in [7, 11) is 0. The standard InChI is InChI=1S/C20H18ClN5O4/c21-16-5-2-13(9-22-16)24-20(30)23-8-11-1-3-14-12(7-11)10-26(19(14)29)15-4-6-17(27)25-18(15)28/h1-3,5,7,9-10,15,29H,4,6,8H2,(H2,23,24,30)(H,25,27,28). The van der Waals surface area contributed by atoms with Gasteiger partial charge in [-0.3, -0.25) is 14.9 Å². The molecule has 2 aromatic heterocycles. The summed E-state index contributed by atoms with van der Waals surface area (Å²) < 4.78 is 1.48. The Morgan fingerprint density at radius 1 is 1.30 bits per heavy atom. The van der Waals surface area contributed by atoms with Crippen LogP contribution >= 0.6 is 11.6 Å². The second kappa shape index (κ2) is 8.03. The SMILES string of the molecule is O=C1CCC(n2cc3cc(CNC(=O)Nc4ccc(Cl)nc4)ccc3c2O)C(=O)N1. The summed E-state index contributed by atoms with van der Waals surface area (Å²) >= 11 is 5.72. The van der Waals surface area contributed by atoms with Gasteiger partial charge >= 0.3 is 6.03 Å². The van der Waals surface area contributed by atoms with Crippen molar-refractivity contribution in [1.82, 2.24) is 20.2 Å². The Bertz CT molecular complexity index is 1140. The van der Waals surface area contributed by atoms with E-state index in [0.29, 0.717) is 22.6 Å². The zero-order valence-corrected chi connectivity index (χ0v) is 16.4. The highest BCUT2D eigenvalue weighted by Gasteiger charge is 2.30. The van der Waals surface area contributed by atoms with E-state index in [4.69, 9.17) is 11.6 Å². The number of benzene rings is 1.